The van der Waals surface area contributed by atoms with E-state index in [9.17, 15) is 9.59 Å². The number of ether oxygens (including phenoxy) is 1. The van der Waals surface area contributed by atoms with E-state index >= 15 is 0 Å². The summed E-state index contributed by atoms with van der Waals surface area (Å²) in [5.74, 6) is -0.181. The molecule has 0 aliphatic carbocycles. The van der Waals surface area contributed by atoms with Crippen LogP contribution in [0.3, 0.4) is 0 Å². The van der Waals surface area contributed by atoms with Crippen LogP contribution in [0, 0.1) is 13.8 Å². The van der Waals surface area contributed by atoms with E-state index in [1.54, 1.807) is 18.2 Å². The van der Waals surface area contributed by atoms with Crippen LogP contribution in [0.5, 0.6) is 5.75 Å². The lowest BCUT2D eigenvalue weighted by molar-refractivity contribution is -0.123. The van der Waals surface area contributed by atoms with E-state index in [1.165, 1.54) is 0 Å². The predicted molar refractivity (Wildman–Crippen MR) is 91.2 cm³/mol. The maximum Gasteiger partial charge on any atom is 0.276 e. The molecule has 0 spiro atoms. The Balaban J connectivity index is 1.83. The lowest BCUT2D eigenvalue weighted by Gasteiger charge is -2.11. The Bertz CT molecular complexity index is 732. The van der Waals surface area contributed by atoms with Gasteiger partial charge in [-0.05, 0) is 49.2 Å². The van der Waals surface area contributed by atoms with Crippen LogP contribution in [0.4, 0.5) is 0 Å². The first-order chi connectivity index (χ1) is 11.0. The van der Waals surface area contributed by atoms with Crippen LogP contribution in [0.15, 0.2) is 46.9 Å². The first kappa shape index (κ1) is 17.0. The normalized spacial score (nSPS) is 10.0. The van der Waals surface area contributed by atoms with E-state index in [0.717, 1.165) is 15.6 Å². The number of carbonyl (C=O) groups is 2. The number of carbonyl (C=O) groups excluding carboxylic acids is 2. The average molecular weight is 377 g/mol. The Morgan fingerprint density at radius 2 is 1.78 bits per heavy atom. The van der Waals surface area contributed by atoms with Crippen molar-refractivity contribution in [1.82, 2.24) is 10.9 Å². The number of rotatable bonds is 4. The molecule has 5 nitrogen and oxygen atoms in total. The minimum atomic E-state index is -0.436. The molecule has 0 unspecified atom stereocenters. The molecule has 0 radical (unpaired) electrons. The summed E-state index contributed by atoms with van der Waals surface area (Å²) in [6, 6.07) is 12.6. The van der Waals surface area contributed by atoms with Crippen molar-refractivity contribution in [2.75, 3.05) is 6.61 Å². The SMILES string of the molecule is Cc1cc(Br)ccc1OCC(=O)NNC(=O)c1ccccc1C. The fourth-order valence-electron chi connectivity index (χ4n) is 1.98. The van der Waals surface area contributed by atoms with Gasteiger partial charge < -0.3 is 4.74 Å². The predicted octanol–water partition coefficient (Wildman–Crippen LogP) is 2.91. The Kier molecular flexibility index (Phi) is 5.76. The highest BCUT2D eigenvalue weighted by Gasteiger charge is 2.10. The molecule has 0 aliphatic heterocycles. The van der Waals surface area contributed by atoms with E-state index in [1.807, 2.05) is 38.1 Å². The van der Waals surface area contributed by atoms with Crippen molar-refractivity contribution < 1.29 is 14.3 Å². The Morgan fingerprint density at radius 1 is 1.04 bits per heavy atom. The molecule has 120 valence electrons. The number of hydrogen-bond acceptors (Lipinski definition) is 3. The fourth-order valence-corrected chi connectivity index (χ4v) is 2.45. The molecule has 0 aromatic heterocycles. The van der Waals surface area contributed by atoms with Gasteiger partial charge in [0.2, 0.25) is 0 Å². The van der Waals surface area contributed by atoms with Crippen molar-refractivity contribution in [3.05, 3.63) is 63.6 Å². The quantitative estimate of drug-likeness (QED) is 0.806. The van der Waals surface area contributed by atoms with Crippen LogP contribution >= 0.6 is 15.9 Å². The monoisotopic (exact) mass is 376 g/mol. The number of aryl methyl sites for hydroxylation is 2. The molecule has 2 rings (SSSR count). The van der Waals surface area contributed by atoms with Gasteiger partial charge in [-0.1, -0.05) is 34.1 Å². The highest BCUT2D eigenvalue weighted by atomic mass is 79.9. The third-order valence-corrected chi connectivity index (χ3v) is 3.69. The Labute approximate surface area is 143 Å². The molecule has 0 fully saturated rings. The molecule has 2 N–H and O–H groups in total. The average Bonchev–Trinajstić information content (AvgIpc) is 2.52. The third kappa shape index (κ3) is 4.82. The van der Waals surface area contributed by atoms with E-state index in [4.69, 9.17) is 4.74 Å². The summed E-state index contributed by atoms with van der Waals surface area (Å²) in [6.45, 7) is 3.53. The minimum Gasteiger partial charge on any atom is -0.483 e. The number of benzene rings is 2. The van der Waals surface area contributed by atoms with Crippen molar-refractivity contribution >= 4 is 27.7 Å². The lowest BCUT2D eigenvalue weighted by Crippen LogP contribution is -2.44. The first-order valence-corrected chi connectivity index (χ1v) is 7.80. The number of nitrogens with one attached hydrogen (secondary N) is 2. The molecule has 0 bridgehead atoms. The van der Waals surface area contributed by atoms with Crippen LogP contribution < -0.4 is 15.6 Å². The van der Waals surface area contributed by atoms with E-state index in [0.29, 0.717) is 11.3 Å². The van der Waals surface area contributed by atoms with E-state index in [-0.39, 0.29) is 12.5 Å². The molecule has 0 saturated carbocycles. The number of hydrazine groups is 1. The van der Waals surface area contributed by atoms with Crippen LogP contribution in [0.2, 0.25) is 0 Å². The zero-order chi connectivity index (χ0) is 16.8. The van der Waals surface area contributed by atoms with Crippen molar-refractivity contribution in [3.8, 4) is 5.75 Å². The molecule has 0 aliphatic rings. The second kappa shape index (κ2) is 7.78. The van der Waals surface area contributed by atoms with Gasteiger partial charge in [0, 0.05) is 10.0 Å². The van der Waals surface area contributed by atoms with Crippen LogP contribution in [-0.2, 0) is 4.79 Å². The van der Waals surface area contributed by atoms with E-state index < -0.39 is 5.91 Å². The van der Waals surface area contributed by atoms with E-state index in [2.05, 4.69) is 26.8 Å². The summed E-state index contributed by atoms with van der Waals surface area (Å²) in [7, 11) is 0. The molecule has 0 atom stereocenters. The molecule has 2 amide bonds. The molecular weight excluding hydrogens is 360 g/mol. The highest BCUT2D eigenvalue weighted by molar-refractivity contribution is 9.10. The molecule has 23 heavy (non-hydrogen) atoms. The summed E-state index contributed by atoms with van der Waals surface area (Å²) in [5, 5.41) is 0. The summed E-state index contributed by atoms with van der Waals surface area (Å²) < 4.78 is 6.37. The maximum absolute atomic E-state index is 12.0. The first-order valence-electron chi connectivity index (χ1n) is 7.01. The Hall–Kier alpha value is -2.34. The summed E-state index contributed by atoms with van der Waals surface area (Å²) in [6.07, 6.45) is 0. The second-order valence-electron chi connectivity index (χ2n) is 5.02. The standard InChI is InChI=1S/C17H17BrN2O3/c1-11-5-3-4-6-14(11)17(22)20-19-16(21)10-23-15-8-7-13(18)9-12(15)2/h3-9H,10H2,1-2H3,(H,19,21)(H,20,22). The van der Waals surface area contributed by atoms with Crippen molar-refractivity contribution in [2.45, 2.75) is 13.8 Å². The highest BCUT2D eigenvalue weighted by Crippen LogP contribution is 2.21. The molecule has 6 heteroatoms. The minimum absolute atomic E-state index is 0.184. The molecule has 2 aromatic carbocycles. The number of amides is 2. The maximum atomic E-state index is 12.0. The largest absolute Gasteiger partial charge is 0.483 e. The van der Waals surface area contributed by atoms with Gasteiger partial charge >= 0.3 is 0 Å². The number of halogens is 1. The summed E-state index contributed by atoms with van der Waals surface area (Å²) >= 11 is 3.36. The number of hydrogen-bond donors (Lipinski definition) is 2. The topological polar surface area (TPSA) is 67.4 Å². The van der Waals surface area contributed by atoms with Crippen LogP contribution in [0.25, 0.3) is 0 Å². The van der Waals surface area contributed by atoms with Gasteiger partial charge in [0.25, 0.3) is 11.8 Å². The van der Waals surface area contributed by atoms with Gasteiger partial charge in [0.05, 0.1) is 0 Å². The molecule has 2 aromatic rings. The Morgan fingerprint density at radius 3 is 2.48 bits per heavy atom. The zero-order valence-corrected chi connectivity index (χ0v) is 14.4. The zero-order valence-electron chi connectivity index (χ0n) is 12.9. The van der Waals surface area contributed by atoms with Crippen molar-refractivity contribution in [2.24, 2.45) is 0 Å². The van der Waals surface area contributed by atoms with Gasteiger partial charge in [0.15, 0.2) is 6.61 Å². The third-order valence-electron chi connectivity index (χ3n) is 3.20. The lowest BCUT2D eigenvalue weighted by atomic mass is 10.1. The van der Waals surface area contributed by atoms with Crippen LogP contribution in [-0.4, -0.2) is 18.4 Å². The summed E-state index contributed by atoms with van der Waals surface area (Å²) in [5.41, 5.74) is 6.97. The molecular formula is C17H17BrN2O3. The second-order valence-corrected chi connectivity index (χ2v) is 5.93. The van der Waals surface area contributed by atoms with Crippen molar-refractivity contribution in [3.63, 3.8) is 0 Å². The smallest absolute Gasteiger partial charge is 0.276 e. The van der Waals surface area contributed by atoms with Gasteiger partial charge in [-0.3, -0.25) is 20.4 Å². The fraction of sp³-hybridized carbons (Fsp3) is 0.176. The van der Waals surface area contributed by atoms with Crippen LogP contribution in [0.1, 0.15) is 21.5 Å². The molecule has 0 saturated heterocycles. The molecule has 0 heterocycles. The van der Waals surface area contributed by atoms with Gasteiger partial charge in [-0.2, -0.15) is 0 Å². The summed E-state index contributed by atoms with van der Waals surface area (Å²) in [4.78, 5) is 23.7. The van der Waals surface area contributed by atoms with Crippen molar-refractivity contribution in [1.29, 1.82) is 0 Å². The van der Waals surface area contributed by atoms with Gasteiger partial charge in [0.1, 0.15) is 5.75 Å². The van der Waals surface area contributed by atoms with Gasteiger partial charge in [-0.15, -0.1) is 0 Å². The van der Waals surface area contributed by atoms with Gasteiger partial charge in [-0.25, -0.2) is 0 Å².